The largest absolute Gasteiger partial charge is 0.434 e. The molecule has 9 rings (SSSR count). The molecule has 2 aliphatic carbocycles. The van der Waals surface area contributed by atoms with Crippen LogP contribution in [0.1, 0.15) is 63.9 Å². The maximum Gasteiger partial charge on any atom is 0.282 e. The number of nitrogens with zero attached hydrogens (tertiary/aromatic N) is 8. The van der Waals surface area contributed by atoms with Gasteiger partial charge in [0.1, 0.15) is 24.2 Å². The summed E-state index contributed by atoms with van der Waals surface area (Å²) in [6.07, 6.45) is 12.0. The number of likely N-dealkylation sites (tertiary alicyclic amines) is 2. The third kappa shape index (κ3) is 4.97. The van der Waals surface area contributed by atoms with E-state index in [9.17, 15) is 4.39 Å². The van der Waals surface area contributed by atoms with E-state index in [2.05, 4.69) is 53.7 Å². The van der Waals surface area contributed by atoms with Gasteiger partial charge in [0, 0.05) is 80.5 Å². The van der Waals surface area contributed by atoms with E-state index in [1.54, 1.807) is 6.07 Å². The van der Waals surface area contributed by atoms with Crippen LogP contribution in [-0.2, 0) is 4.74 Å². The predicted octanol–water partition coefficient (Wildman–Crippen LogP) is 4.93. The molecule has 0 amide bonds. The van der Waals surface area contributed by atoms with Gasteiger partial charge in [0.05, 0.1) is 17.9 Å². The van der Waals surface area contributed by atoms with E-state index in [-0.39, 0.29) is 16.8 Å². The standard InChI is InChI=1S/C35H43FN8O2/c1-22(2)31(24-11-26(12-24)43-18-35(19-43)8-10-45-35)44-16-34(17-44)7-9-42(15-34)32-33(41-40-21-39-32)46-29-6-5-25(36)13-27(29)30-28(23-3-4-23)14-37-20-38-30/h5-6,13-14,20-24,26,31H,3-4,7-12,15-19H2,1-2H3/t24?,26?,31-/m0/s1. The summed E-state index contributed by atoms with van der Waals surface area (Å²) in [6, 6.07) is 5.93. The molecule has 0 radical (unpaired) electrons. The molecule has 0 N–H and O–H groups in total. The van der Waals surface area contributed by atoms with Gasteiger partial charge in [-0.05, 0) is 68.1 Å². The monoisotopic (exact) mass is 626 g/mol. The minimum absolute atomic E-state index is 0.225. The first-order valence-electron chi connectivity index (χ1n) is 17.2. The van der Waals surface area contributed by atoms with Gasteiger partial charge in [0.15, 0.2) is 5.82 Å². The molecule has 6 heterocycles. The third-order valence-corrected chi connectivity index (χ3v) is 11.7. The van der Waals surface area contributed by atoms with Gasteiger partial charge >= 0.3 is 0 Å². The van der Waals surface area contributed by atoms with Crippen molar-refractivity contribution < 1.29 is 13.9 Å². The number of aromatic nitrogens is 5. The molecular weight excluding hydrogens is 583 g/mol. The highest BCUT2D eigenvalue weighted by molar-refractivity contribution is 5.71. The molecule has 3 aromatic rings. The van der Waals surface area contributed by atoms with Crippen LogP contribution in [0, 0.1) is 23.1 Å². The second-order valence-electron chi connectivity index (χ2n) is 15.3. The quantitative estimate of drug-likeness (QED) is 0.326. The maximum atomic E-state index is 14.5. The zero-order valence-electron chi connectivity index (χ0n) is 26.8. The number of hydrogen-bond donors (Lipinski definition) is 0. The summed E-state index contributed by atoms with van der Waals surface area (Å²) in [5.41, 5.74) is 2.81. The second kappa shape index (κ2) is 10.9. The van der Waals surface area contributed by atoms with Crippen LogP contribution in [0.5, 0.6) is 11.6 Å². The Kier molecular flexibility index (Phi) is 6.84. The molecule has 6 fully saturated rings. The Morgan fingerprint density at radius 3 is 2.59 bits per heavy atom. The van der Waals surface area contributed by atoms with Crippen molar-refractivity contribution >= 4 is 5.82 Å². The summed E-state index contributed by atoms with van der Waals surface area (Å²) >= 11 is 0. The molecule has 2 saturated carbocycles. The van der Waals surface area contributed by atoms with Crippen LogP contribution in [0.4, 0.5) is 10.2 Å². The molecule has 1 atom stereocenters. The van der Waals surface area contributed by atoms with Crippen molar-refractivity contribution in [2.75, 3.05) is 50.8 Å². The Balaban J connectivity index is 0.872. The molecule has 10 nitrogen and oxygen atoms in total. The molecule has 0 unspecified atom stereocenters. The Labute approximate surface area is 269 Å². The van der Waals surface area contributed by atoms with Crippen LogP contribution in [-0.4, -0.2) is 98.5 Å². The van der Waals surface area contributed by atoms with Gasteiger partial charge in [-0.15, -0.1) is 10.2 Å². The SMILES string of the molecule is CC(C)[C@@H](C1CC(N2CC3(CCO3)C2)C1)N1CC2(CCN(c3ncnnc3Oc3ccc(F)cc3-c3ncncc3C3CC3)C2)C1. The van der Waals surface area contributed by atoms with Crippen LogP contribution in [0.2, 0.25) is 0 Å². The highest BCUT2D eigenvalue weighted by Crippen LogP contribution is 2.50. The van der Waals surface area contributed by atoms with Gasteiger partial charge < -0.3 is 14.4 Å². The van der Waals surface area contributed by atoms with Gasteiger partial charge in [-0.3, -0.25) is 9.80 Å². The van der Waals surface area contributed by atoms with Crippen molar-refractivity contribution in [1.82, 2.24) is 34.9 Å². The van der Waals surface area contributed by atoms with Gasteiger partial charge in [0.25, 0.3) is 5.88 Å². The zero-order valence-corrected chi connectivity index (χ0v) is 26.8. The average Bonchev–Trinajstić information content (AvgIpc) is 3.72. The average molecular weight is 627 g/mol. The van der Waals surface area contributed by atoms with Crippen molar-refractivity contribution in [3.05, 3.63) is 48.4 Å². The van der Waals surface area contributed by atoms with Crippen LogP contribution < -0.4 is 9.64 Å². The van der Waals surface area contributed by atoms with E-state index >= 15 is 0 Å². The normalized spacial score (nSPS) is 27.3. The fourth-order valence-corrected chi connectivity index (χ4v) is 9.14. The summed E-state index contributed by atoms with van der Waals surface area (Å²) in [7, 11) is 0. The van der Waals surface area contributed by atoms with E-state index in [1.807, 2.05) is 6.20 Å². The Morgan fingerprint density at radius 1 is 1.02 bits per heavy atom. The molecule has 11 heteroatoms. The van der Waals surface area contributed by atoms with Crippen molar-refractivity contribution in [2.45, 2.75) is 76.0 Å². The number of benzene rings is 1. The molecular formula is C35H43FN8O2. The number of ether oxygens (including phenoxy) is 2. The molecule has 242 valence electrons. The Morgan fingerprint density at radius 2 is 1.85 bits per heavy atom. The van der Waals surface area contributed by atoms with E-state index in [1.165, 1.54) is 44.0 Å². The van der Waals surface area contributed by atoms with Gasteiger partial charge in [-0.1, -0.05) is 13.8 Å². The zero-order chi connectivity index (χ0) is 31.0. The van der Waals surface area contributed by atoms with E-state index in [0.29, 0.717) is 46.6 Å². The molecule has 2 spiro atoms. The number of anilines is 1. The van der Waals surface area contributed by atoms with Crippen molar-refractivity contribution in [1.29, 1.82) is 0 Å². The molecule has 0 bridgehead atoms. The lowest BCUT2D eigenvalue weighted by Crippen LogP contribution is -2.72. The number of halogens is 1. The van der Waals surface area contributed by atoms with Gasteiger partial charge in [0.2, 0.25) is 0 Å². The summed E-state index contributed by atoms with van der Waals surface area (Å²) in [5.74, 6) is 3.00. The Bertz CT molecular complexity index is 1610. The lowest BCUT2D eigenvalue weighted by Gasteiger charge is -2.62. The van der Waals surface area contributed by atoms with E-state index in [4.69, 9.17) is 9.47 Å². The summed E-state index contributed by atoms with van der Waals surface area (Å²) < 4.78 is 26.8. The molecule has 4 saturated heterocycles. The number of rotatable bonds is 9. The maximum absolute atomic E-state index is 14.5. The van der Waals surface area contributed by atoms with Crippen molar-refractivity contribution in [3.8, 4) is 22.9 Å². The van der Waals surface area contributed by atoms with Gasteiger partial charge in [-0.25, -0.2) is 19.3 Å². The molecule has 2 aromatic heterocycles. The molecule has 46 heavy (non-hydrogen) atoms. The first-order valence-corrected chi connectivity index (χ1v) is 17.2. The van der Waals surface area contributed by atoms with Crippen molar-refractivity contribution in [2.24, 2.45) is 17.3 Å². The molecule has 6 aliphatic rings. The number of hydrogen-bond acceptors (Lipinski definition) is 10. The highest BCUT2D eigenvalue weighted by atomic mass is 19.1. The second-order valence-corrected chi connectivity index (χ2v) is 15.3. The highest BCUT2D eigenvalue weighted by Gasteiger charge is 2.56. The van der Waals surface area contributed by atoms with Gasteiger partial charge in [-0.2, -0.15) is 0 Å². The molecule has 4 aliphatic heterocycles. The summed E-state index contributed by atoms with van der Waals surface area (Å²) in [6.45, 7) is 12.1. The van der Waals surface area contributed by atoms with E-state index in [0.717, 1.165) is 82.7 Å². The topological polar surface area (TPSA) is 92.6 Å². The predicted molar refractivity (Wildman–Crippen MR) is 170 cm³/mol. The van der Waals surface area contributed by atoms with Crippen molar-refractivity contribution in [3.63, 3.8) is 0 Å². The summed E-state index contributed by atoms with van der Waals surface area (Å²) in [4.78, 5) is 21.2. The van der Waals surface area contributed by atoms with Crippen LogP contribution >= 0.6 is 0 Å². The fraction of sp³-hybridized carbons (Fsp3) is 0.629. The minimum atomic E-state index is -0.342. The third-order valence-electron chi connectivity index (χ3n) is 11.7. The molecule has 1 aromatic carbocycles. The van der Waals surface area contributed by atoms with Crippen LogP contribution in [0.15, 0.2) is 37.1 Å². The Hall–Kier alpha value is -3.28. The first-order chi connectivity index (χ1) is 22.4. The van der Waals surface area contributed by atoms with Crippen LogP contribution in [0.3, 0.4) is 0 Å². The first kappa shape index (κ1) is 28.9. The minimum Gasteiger partial charge on any atom is -0.434 e. The van der Waals surface area contributed by atoms with Crippen LogP contribution in [0.25, 0.3) is 11.3 Å². The smallest absolute Gasteiger partial charge is 0.282 e. The lowest BCUT2D eigenvalue weighted by molar-refractivity contribution is -0.239. The summed E-state index contributed by atoms with van der Waals surface area (Å²) in [5, 5.41) is 8.43. The fourth-order valence-electron chi connectivity index (χ4n) is 9.14. The lowest BCUT2D eigenvalue weighted by atomic mass is 9.67. The van der Waals surface area contributed by atoms with E-state index < -0.39 is 0 Å².